The molecule has 4 unspecified atom stereocenters. The number of ether oxygens (including phenoxy) is 2. The number of rotatable bonds is 12. The van der Waals surface area contributed by atoms with Crippen LogP contribution in [-0.4, -0.2) is 60.4 Å². The number of hydrogen-bond acceptors (Lipinski definition) is 6. The van der Waals surface area contributed by atoms with Gasteiger partial charge in [0.15, 0.2) is 5.78 Å². The molecule has 1 aliphatic heterocycles. The van der Waals surface area contributed by atoms with Crippen LogP contribution in [0.4, 0.5) is 0 Å². The number of hydrogen-bond donors (Lipinski definition) is 1. The number of aliphatic imine (C=N–C) groups is 1. The van der Waals surface area contributed by atoms with Gasteiger partial charge in [-0.15, -0.1) is 0 Å². The Labute approximate surface area is 284 Å². The van der Waals surface area contributed by atoms with Crippen molar-refractivity contribution in [3.8, 4) is 5.75 Å². The number of unbranched alkanes of at least 4 members (excludes halogenated alkanes) is 2. The first-order valence-corrected chi connectivity index (χ1v) is 18.8. The molecule has 1 aromatic carbocycles. The van der Waals surface area contributed by atoms with Gasteiger partial charge in [0.05, 0.1) is 24.9 Å². The normalized spacial score (nSPS) is 22.3. The zero-order valence-corrected chi connectivity index (χ0v) is 31.8. The molecule has 4 rings (SSSR count). The van der Waals surface area contributed by atoms with Crippen LogP contribution in [-0.2, 0) is 22.4 Å². The highest BCUT2D eigenvalue weighted by Crippen LogP contribution is 2.34. The summed E-state index contributed by atoms with van der Waals surface area (Å²) < 4.78 is 12.2. The van der Waals surface area contributed by atoms with Gasteiger partial charge in [0.2, 0.25) is 0 Å². The number of Topliss-reactive ketones (excluding diaryl/α,β-unsaturated/α-hetero) is 1. The fourth-order valence-electron chi connectivity index (χ4n) is 6.75. The summed E-state index contributed by atoms with van der Waals surface area (Å²) in [7, 11) is 0. The van der Waals surface area contributed by atoms with Gasteiger partial charge in [-0.05, 0) is 121 Å². The predicted octanol–water partition coefficient (Wildman–Crippen LogP) is 9.57. The Morgan fingerprint density at radius 2 is 1.59 bits per heavy atom. The highest BCUT2D eigenvalue weighted by molar-refractivity contribution is 6.03. The summed E-state index contributed by atoms with van der Waals surface area (Å²) in [5.74, 6) is 1.28. The van der Waals surface area contributed by atoms with Gasteiger partial charge >= 0.3 is 0 Å². The number of nitrogens with two attached hydrogens (primary N) is 1. The molecule has 1 heterocycles. The highest BCUT2D eigenvalue weighted by atomic mass is 16.5. The number of benzene rings is 1. The standard InChI is InChI=1S/C19H30O.C17H29N3O2.2C2H6/c1-4-6-7-10-16(9-5-2)20-19-14-13-15(3)17-11-8-12-18(17)19;1-11(21)8-19-16-7-5-6-15(16)17(18)14(4)20-9-12(2)22-13(3)10-20;2*1-2/h13-14,16H,4-12H2,1-3H3;12-14H,5-10,18H2,1-4H3;2*1-2H3/b;17-15-,19-16?;;. The van der Waals surface area contributed by atoms with Gasteiger partial charge in [0, 0.05) is 30.5 Å². The van der Waals surface area contributed by atoms with Crippen LogP contribution in [0.15, 0.2) is 28.4 Å². The summed E-state index contributed by atoms with van der Waals surface area (Å²) in [5, 5.41) is 0. The molecule has 46 heavy (non-hydrogen) atoms. The van der Waals surface area contributed by atoms with E-state index in [-0.39, 0.29) is 30.6 Å². The largest absolute Gasteiger partial charge is 0.490 e. The van der Waals surface area contributed by atoms with Crippen LogP contribution in [0.3, 0.4) is 0 Å². The van der Waals surface area contributed by atoms with Crippen molar-refractivity contribution in [2.45, 2.75) is 178 Å². The van der Waals surface area contributed by atoms with E-state index in [2.05, 4.69) is 63.6 Å². The summed E-state index contributed by atoms with van der Waals surface area (Å²) in [4.78, 5) is 18.0. The van der Waals surface area contributed by atoms with Crippen molar-refractivity contribution in [3.05, 3.63) is 40.1 Å². The molecule has 0 amide bonds. The zero-order valence-electron chi connectivity index (χ0n) is 31.8. The van der Waals surface area contributed by atoms with Gasteiger partial charge in [0.1, 0.15) is 5.75 Å². The molecular formula is C40H71N3O3. The van der Waals surface area contributed by atoms with Gasteiger partial charge in [-0.2, -0.15) is 0 Å². The fourth-order valence-corrected chi connectivity index (χ4v) is 6.75. The number of aryl methyl sites for hydroxylation is 1. The molecule has 264 valence electrons. The molecular weight excluding hydrogens is 570 g/mol. The lowest BCUT2D eigenvalue weighted by Gasteiger charge is -2.39. The molecule has 1 aromatic rings. The maximum absolute atomic E-state index is 11.2. The van der Waals surface area contributed by atoms with Crippen molar-refractivity contribution in [3.63, 3.8) is 0 Å². The first kappa shape index (κ1) is 41.8. The first-order valence-electron chi connectivity index (χ1n) is 18.8. The summed E-state index contributed by atoms with van der Waals surface area (Å²) in [6.07, 6.45) is 15.2. The third-order valence-electron chi connectivity index (χ3n) is 8.99. The molecule has 4 atom stereocenters. The lowest BCUT2D eigenvalue weighted by Crippen LogP contribution is -2.50. The second-order valence-corrected chi connectivity index (χ2v) is 12.9. The Morgan fingerprint density at radius 3 is 2.20 bits per heavy atom. The van der Waals surface area contributed by atoms with E-state index in [4.69, 9.17) is 15.2 Å². The molecule has 2 fully saturated rings. The van der Waals surface area contributed by atoms with Crippen LogP contribution in [0.25, 0.3) is 0 Å². The van der Waals surface area contributed by atoms with E-state index in [1.165, 1.54) is 80.2 Å². The van der Waals surface area contributed by atoms with Crippen LogP contribution < -0.4 is 10.5 Å². The van der Waals surface area contributed by atoms with E-state index in [0.717, 1.165) is 43.8 Å². The van der Waals surface area contributed by atoms with Crippen LogP contribution in [0, 0.1) is 6.92 Å². The minimum Gasteiger partial charge on any atom is -0.490 e. The topological polar surface area (TPSA) is 77.2 Å². The Bertz CT molecular complexity index is 1070. The van der Waals surface area contributed by atoms with Crippen molar-refractivity contribution in [1.29, 1.82) is 0 Å². The monoisotopic (exact) mass is 642 g/mol. The number of carbonyl (C=O) groups is 1. The molecule has 6 nitrogen and oxygen atoms in total. The molecule has 0 spiro atoms. The molecule has 3 aliphatic rings. The average Bonchev–Trinajstić information content (AvgIpc) is 3.74. The minimum absolute atomic E-state index is 0.0983. The molecule has 0 aromatic heterocycles. The Balaban J connectivity index is 0.000000417. The highest BCUT2D eigenvalue weighted by Gasteiger charge is 2.29. The molecule has 0 radical (unpaired) electrons. The van der Waals surface area contributed by atoms with E-state index in [1.807, 2.05) is 27.7 Å². The van der Waals surface area contributed by atoms with Crippen LogP contribution in [0.1, 0.15) is 150 Å². The van der Waals surface area contributed by atoms with E-state index in [9.17, 15) is 4.79 Å². The summed E-state index contributed by atoms with van der Waals surface area (Å²) in [6, 6.07) is 4.64. The van der Waals surface area contributed by atoms with Gasteiger partial charge in [-0.25, -0.2) is 0 Å². The number of fused-ring (bicyclic) bond motifs is 1. The summed E-state index contributed by atoms with van der Waals surface area (Å²) in [6.45, 7) is 24.8. The number of carbonyl (C=O) groups excluding carboxylic acids is 1. The molecule has 0 bridgehead atoms. The van der Waals surface area contributed by atoms with E-state index >= 15 is 0 Å². The van der Waals surface area contributed by atoms with Crippen molar-refractivity contribution >= 4 is 11.5 Å². The Kier molecular flexibility index (Phi) is 21.1. The van der Waals surface area contributed by atoms with Crippen molar-refractivity contribution in [2.75, 3.05) is 19.6 Å². The van der Waals surface area contributed by atoms with Gasteiger partial charge in [0.25, 0.3) is 0 Å². The second kappa shape index (κ2) is 23.2. The smallest absolute Gasteiger partial charge is 0.151 e. The second-order valence-electron chi connectivity index (χ2n) is 12.9. The van der Waals surface area contributed by atoms with Crippen LogP contribution in [0.5, 0.6) is 5.75 Å². The van der Waals surface area contributed by atoms with Crippen LogP contribution in [0.2, 0.25) is 0 Å². The van der Waals surface area contributed by atoms with Gasteiger partial charge in [-0.1, -0.05) is 66.9 Å². The number of allylic oxidation sites excluding steroid dienone is 1. The van der Waals surface area contributed by atoms with E-state index in [1.54, 1.807) is 12.5 Å². The zero-order chi connectivity index (χ0) is 34.6. The quantitative estimate of drug-likeness (QED) is 0.230. The minimum atomic E-state index is 0.0983. The van der Waals surface area contributed by atoms with Crippen LogP contribution >= 0.6 is 0 Å². The lowest BCUT2D eigenvalue weighted by molar-refractivity contribution is -0.115. The van der Waals surface area contributed by atoms with Gasteiger partial charge in [-0.3, -0.25) is 14.7 Å². The molecule has 2 aliphatic carbocycles. The number of nitrogens with zero attached hydrogens (tertiary/aromatic N) is 2. The Hall–Kier alpha value is -2.18. The average molecular weight is 642 g/mol. The fraction of sp³-hybridized carbons (Fsp3) is 0.750. The lowest BCUT2D eigenvalue weighted by atomic mass is 10.0. The first-order chi connectivity index (χ1) is 22.1. The predicted molar refractivity (Wildman–Crippen MR) is 198 cm³/mol. The molecule has 2 N–H and O–H groups in total. The van der Waals surface area contributed by atoms with Crippen molar-refractivity contribution < 1.29 is 14.3 Å². The Morgan fingerprint density at radius 1 is 0.957 bits per heavy atom. The maximum Gasteiger partial charge on any atom is 0.151 e. The summed E-state index contributed by atoms with van der Waals surface area (Å²) in [5.41, 5.74) is 14.1. The summed E-state index contributed by atoms with van der Waals surface area (Å²) >= 11 is 0. The van der Waals surface area contributed by atoms with Gasteiger partial charge < -0.3 is 15.2 Å². The van der Waals surface area contributed by atoms with E-state index in [0.29, 0.717) is 6.10 Å². The van der Waals surface area contributed by atoms with Crippen molar-refractivity contribution in [1.82, 2.24) is 4.90 Å². The third-order valence-corrected chi connectivity index (χ3v) is 8.99. The molecule has 1 saturated heterocycles. The van der Waals surface area contributed by atoms with E-state index < -0.39 is 0 Å². The molecule has 6 heteroatoms. The third kappa shape index (κ3) is 13.5. The SMILES string of the molecule is CC.CC.CC(=O)CN=C1CCC/C1=C(/N)C(C)N1CC(C)OC(C)C1.CCCCCC(CCC)Oc1ccc(C)c2c1CCC2. The number of morpholine rings is 1. The molecule has 1 saturated carbocycles. The number of ketones is 1. The maximum atomic E-state index is 11.2. The van der Waals surface area contributed by atoms with Crippen molar-refractivity contribution in [2.24, 2.45) is 10.7 Å².